The lowest BCUT2D eigenvalue weighted by atomic mass is 9.83. The summed E-state index contributed by atoms with van der Waals surface area (Å²) >= 11 is 0. The molecule has 1 saturated heterocycles. The molecule has 0 bridgehead atoms. The first kappa shape index (κ1) is 19.4. The highest BCUT2D eigenvalue weighted by Gasteiger charge is 2.39. The van der Waals surface area contributed by atoms with Gasteiger partial charge < -0.3 is 9.64 Å². The standard InChI is InChI=1S/C22H28N2O3/c1-21(2,3)17-23-15-13-22(14-16-23,18-7-5-4-6-8-18)27-20-11-9-19(10-12-20)24(25)26/h4-12H,13-17H2,1-3H3. The second kappa shape index (κ2) is 7.69. The molecule has 5 heteroatoms. The number of hydrogen-bond donors (Lipinski definition) is 0. The van der Waals surface area contributed by atoms with E-state index in [-0.39, 0.29) is 16.0 Å². The fraction of sp³-hybridized carbons (Fsp3) is 0.455. The van der Waals surface area contributed by atoms with Gasteiger partial charge in [0.25, 0.3) is 5.69 Å². The first-order chi connectivity index (χ1) is 12.8. The lowest BCUT2D eigenvalue weighted by Crippen LogP contribution is -2.48. The Kier molecular flexibility index (Phi) is 5.51. The van der Waals surface area contributed by atoms with Gasteiger partial charge in [-0.2, -0.15) is 0 Å². The molecule has 0 atom stereocenters. The summed E-state index contributed by atoms with van der Waals surface area (Å²) in [4.78, 5) is 13.0. The Morgan fingerprint density at radius 1 is 1.04 bits per heavy atom. The summed E-state index contributed by atoms with van der Waals surface area (Å²) in [7, 11) is 0. The number of nitro groups is 1. The molecule has 0 spiro atoms. The first-order valence-electron chi connectivity index (χ1n) is 9.49. The number of nitrogens with zero attached hydrogens (tertiary/aromatic N) is 2. The highest BCUT2D eigenvalue weighted by atomic mass is 16.6. The van der Waals surface area contributed by atoms with Crippen LogP contribution in [0.2, 0.25) is 0 Å². The molecular weight excluding hydrogens is 340 g/mol. The molecule has 144 valence electrons. The van der Waals surface area contributed by atoms with Gasteiger partial charge >= 0.3 is 0 Å². The van der Waals surface area contributed by atoms with Gasteiger partial charge in [-0.25, -0.2) is 0 Å². The van der Waals surface area contributed by atoms with Crippen molar-refractivity contribution in [2.45, 2.75) is 39.2 Å². The van der Waals surface area contributed by atoms with Gasteiger partial charge in [0.15, 0.2) is 0 Å². The zero-order valence-corrected chi connectivity index (χ0v) is 16.4. The number of nitro benzene ring substituents is 1. The molecule has 2 aromatic rings. The van der Waals surface area contributed by atoms with E-state index in [0.29, 0.717) is 5.75 Å². The van der Waals surface area contributed by atoms with E-state index in [1.165, 1.54) is 17.7 Å². The molecule has 0 amide bonds. The van der Waals surface area contributed by atoms with Crippen LogP contribution in [0.25, 0.3) is 0 Å². The highest BCUT2D eigenvalue weighted by molar-refractivity contribution is 5.37. The maximum absolute atomic E-state index is 10.9. The van der Waals surface area contributed by atoms with E-state index in [1.54, 1.807) is 12.1 Å². The summed E-state index contributed by atoms with van der Waals surface area (Å²) in [6.45, 7) is 9.80. The van der Waals surface area contributed by atoms with E-state index < -0.39 is 5.60 Å². The molecule has 1 aliphatic heterocycles. The van der Waals surface area contributed by atoms with Gasteiger partial charge in [0, 0.05) is 44.6 Å². The molecule has 1 heterocycles. The van der Waals surface area contributed by atoms with E-state index in [4.69, 9.17) is 4.74 Å². The predicted molar refractivity (Wildman–Crippen MR) is 107 cm³/mol. The van der Waals surface area contributed by atoms with Crippen LogP contribution < -0.4 is 4.74 Å². The van der Waals surface area contributed by atoms with Crippen LogP contribution in [-0.2, 0) is 5.60 Å². The third-order valence-electron chi connectivity index (χ3n) is 5.02. The predicted octanol–water partition coefficient (Wildman–Crippen LogP) is 5.01. The Hall–Kier alpha value is -2.40. The Morgan fingerprint density at radius 3 is 2.15 bits per heavy atom. The fourth-order valence-corrected chi connectivity index (χ4v) is 3.80. The summed E-state index contributed by atoms with van der Waals surface area (Å²) in [5.41, 5.74) is 1.12. The molecule has 0 aromatic heterocycles. The Balaban J connectivity index is 1.81. The van der Waals surface area contributed by atoms with E-state index in [2.05, 4.69) is 37.8 Å². The van der Waals surface area contributed by atoms with Crippen LogP contribution in [0, 0.1) is 15.5 Å². The quantitative estimate of drug-likeness (QED) is 0.550. The maximum Gasteiger partial charge on any atom is 0.269 e. The molecule has 0 N–H and O–H groups in total. The van der Waals surface area contributed by atoms with Crippen LogP contribution in [0.15, 0.2) is 54.6 Å². The van der Waals surface area contributed by atoms with Crippen molar-refractivity contribution >= 4 is 5.69 Å². The van der Waals surface area contributed by atoms with E-state index >= 15 is 0 Å². The highest BCUT2D eigenvalue weighted by Crippen LogP contribution is 2.38. The van der Waals surface area contributed by atoms with Gasteiger partial charge in [0.2, 0.25) is 0 Å². The second-order valence-corrected chi connectivity index (χ2v) is 8.55. The number of likely N-dealkylation sites (tertiary alicyclic amines) is 1. The summed E-state index contributed by atoms with van der Waals surface area (Å²) in [5, 5.41) is 10.9. The van der Waals surface area contributed by atoms with Crippen molar-refractivity contribution in [1.29, 1.82) is 0 Å². The smallest absolute Gasteiger partial charge is 0.269 e. The largest absolute Gasteiger partial charge is 0.482 e. The monoisotopic (exact) mass is 368 g/mol. The van der Waals surface area contributed by atoms with Crippen molar-refractivity contribution in [2.75, 3.05) is 19.6 Å². The van der Waals surface area contributed by atoms with Crippen molar-refractivity contribution in [3.63, 3.8) is 0 Å². The van der Waals surface area contributed by atoms with Gasteiger partial charge in [-0.05, 0) is 23.1 Å². The van der Waals surface area contributed by atoms with Crippen LogP contribution in [0.4, 0.5) is 5.69 Å². The normalized spacial score (nSPS) is 17.4. The molecule has 0 saturated carbocycles. The van der Waals surface area contributed by atoms with Crippen LogP contribution in [-0.4, -0.2) is 29.5 Å². The van der Waals surface area contributed by atoms with E-state index in [0.717, 1.165) is 32.5 Å². The minimum Gasteiger partial charge on any atom is -0.482 e. The average molecular weight is 368 g/mol. The summed E-state index contributed by atoms with van der Waals surface area (Å²) in [6, 6.07) is 16.7. The minimum absolute atomic E-state index is 0.0797. The van der Waals surface area contributed by atoms with Crippen molar-refractivity contribution in [3.8, 4) is 5.75 Å². The first-order valence-corrected chi connectivity index (χ1v) is 9.49. The zero-order chi connectivity index (χ0) is 19.5. The molecular formula is C22H28N2O3. The topological polar surface area (TPSA) is 55.6 Å². The Labute approximate surface area is 161 Å². The number of hydrogen-bond acceptors (Lipinski definition) is 4. The van der Waals surface area contributed by atoms with Crippen LogP contribution in [0.3, 0.4) is 0 Å². The summed E-state index contributed by atoms with van der Waals surface area (Å²) < 4.78 is 6.49. The van der Waals surface area contributed by atoms with Crippen LogP contribution >= 0.6 is 0 Å². The molecule has 0 unspecified atom stereocenters. The van der Waals surface area contributed by atoms with Gasteiger partial charge in [-0.1, -0.05) is 51.1 Å². The molecule has 1 fully saturated rings. The SMILES string of the molecule is CC(C)(C)CN1CCC(Oc2ccc([N+](=O)[O-])cc2)(c2ccccc2)CC1. The van der Waals surface area contributed by atoms with Gasteiger partial charge in [0.05, 0.1) is 4.92 Å². The van der Waals surface area contributed by atoms with Crippen molar-refractivity contribution < 1.29 is 9.66 Å². The summed E-state index contributed by atoms with van der Waals surface area (Å²) in [5.74, 6) is 0.675. The lowest BCUT2D eigenvalue weighted by Gasteiger charge is -2.43. The Morgan fingerprint density at radius 2 is 1.63 bits per heavy atom. The van der Waals surface area contributed by atoms with Crippen molar-refractivity contribution in [2.24, 2.45) is 5.41 Å². The van der Waals surface area contributed by atoms with Crippen LogP contribution in [0.5, 0.6) is 5.75 Å². The zero-order valence-electron chi connectivity index (χ0n) is 16.4. The van der Waals surface area contributed by atoms with E-state index in [1.807, 2.05) is 18.2 Å². The van der Waals surface area contributed by atoms with Gasteiger partial charge in [-0.3, -0.25) is 10.1 Å². The van der Waals surface area contributed by atoms with Crippen molar-refractivity contribution in [3.05, 3.63) is 70.3 Å². The average Bonchev–Trinajstić information content (AvgIpc) is 2.63. The third kappa shape index (κ3) is 4.86. The fourth-order valence-electron chi connectivity index (χ4n) is 3.80. The Bertz CT molecular complexity index is 758. The number of piperidine rings is 1. The molecule has 0 aliphatic carbocycles. The van der Waals surface area contributed by atoms with Crippen LogP contribution in [0.1, 0.15) is 39.2 Å². The molecule has 1 aliphatic rings. The number of non-ortho nitro benzene ring substituents is 1. The third-order valence-corrected chi connectivity index (χ3v) is 5.02. The summed E-state index contributed by atoms with van der Waals surface area (Å²) in [6.07, 6.45) is 1.79. The second-order valence-electron chi connectivity index (χ2n) is 8.55. The molecule has 2 aromatic carbocycles. The van der Waals surface area contributed by atoms with Gasteiger partial charge in [0.1, 0.15) is 11.4 Å². The lowest BCUT2D eigenvalue weighted by molar-refractivity contribution is -0.384. The number of benzene rings is 2. The van der Waals surface area contributed by atoms with E-state index in [9.17, 15) is 10.1 Å². The van der Waals surface area contributed by atoms with Gasteiger partial charge in [-0.15, -0.1) is 0 Å². The molecule has 3 rings (SSSR count). The molecule has 27 heavy (non-hydrogen) atoms. The molecule has 5 nitrogen and oxygen atoms in total. The maximum atomic E-state index is 10.9. The number of rotatable bonds is 5. The number of ether oxygens (including phenoxy) is 1. The van der Waals surface area contributed by atoms with Crippen molar-refractivity contribution in [1.82, 2.24) is 4.90 Å². The minimum atomic E-state index is -0.397. The molecule has 0 radical (unpaired) electrons.